The molecule has 0 heterocycles. The van der Waals surface area contributed by atoms with Gasteiger partial charge in [0.1, 0.15) is 5.82 Å². The molecule has 1 N–H and O–H groups in total. The number of halogens is 3. The molecule has 2 aromatic carbocycles. The fourth-order valence-corrected chi connectivity index (χ4v) is 2.30. The van der Waals surface area contributed by atoms with Gasteiger partial charge in [-0.15, -0.1) is 0 Å². The van der Waals surface area contributed by atoms with Crippen molar-refractivity contribution in [3.8, 4) is 0 Å². The van der Waals surface area contributed by atoms with Crippen molar-refractivity contribution >= 4 is 39.1 Å². The normalized spacial score (nSPS) is 10.3. The van der Waals surface area contributed by atoms with E-state index in [4.69, 9.17) is 11.6 Å². The molecule has 0 aliphatic rings. The molecular weight excluding hydrogens is 333 g/mol. The van der Waals surface area contributed by atoms with Crippen LogP contribution in [0, 0.1) is 12.7 Å². The lowest BCUT2D eigenvalue weighted by Crippen LogP contribution is -2.12. The van der Waals surface area contributed by atoms with Crippen molar-refractivity contribution in [3.05, 3.63) is 62.8 Å². The highest BCUT2D eigenvalue weighted by Gasteiger charge is 2.10. The maximum absolute atomic E-state index is 13.4. The van der Waals surface area contributed by atoms with E-state index in [0.29, 0.717) is 20.7 Å². The number of carbonyl (C=O) groups excluding carboxylic acids is 1. The Morgan fingerprint density at radius 3 is 2.63 bits per heavy atom. The molecular formula is C14H10BrClFNO. The molecule has 0 spiro atoms. The highest BCUT2D eigenvalue weighted by atomic mass is 79.9. The van der Waals surface area contributed by atoms with Crippen LogP contribution < -0.4 is 5.32 Å². The third-order valence-corrected chi connectivity index (χ3v) is 3.50. The van der Waals surface area contributed by atoms with Crippen LogP contribution >= 0.6 is 27.5 Å². The van der Waals surface area contributed by atoms with E-state index in [9.17, 15) is 9.18 Å². The van der Waals surface area contributed by atoms with E-state index in [0.717, 1.165) is 0 Å². The van der Waals surface area contributed by atoms with Crippen LogP contribution in [0.25, 0.3) is 0 Å². The van der Waals surface area contributed by atoms with Gasteiger partial charge in [-0.05, 0) is 58.7 Å². The third kappa shape index (κ3) is 3.33. The fraction of sp³-hybridized carbons (Fsp3) is 0.0714. The van der Waals surface area contributed by atoms with Gasteiger partial charge in [0.2, 0.25) is 0 Å². The molecule has 5 heteroatoms. The summed E-state index contributed by atoms with van der Waals surface area (Å²) < 4.78 is 14.1. The topological polar surface area (TPSA) is 29.1 Å². The average molecular weight is 343 g/mol. The minimum Gasteiger partial charge on any atom is -0.321 e. The number of carbonyl (C=O) groups is 1. The first-order chi connectivity index (χ1) is 8.97. The number of nitrogens with one attached hydrogen (secondary N) is 1. The number of anilines is 1. The summed E-state index contributed by atoms with van der Waals surface area (Å²) in [5, 5.41) is 3.25. The molecule has 98 valence electrons. The third-order valence-electron chi connectivity index (χ3n) is 2.61. The van der Waals surface area contributed by atoms with Crippen LogP contribution in [0.5, 0.6) is 0 Å². The number of hydrogen-bond acceptors (Lipinski definition) is 1. The summed E-state index contributed by atoms with van der Waals surface area (Å²) >= 11 is 9.12. The Morgan fingerprint density at radius 2 is 2.00 bits per heavy atom. The molecule has 0 aliphatic heterocycles. The van der Waals surface area contributed by atoms with E-state index >= 15 is 0 Å². The second-order valence-electron chi connectivity index (χ2n) is 4.04. The lowest BCUT2D eigenvalue weighted by atomic mass is 10.1. The highest BCUT2D eigenvalue weighted by Crippen LogP contribution is 2.26. The minimum absolute atomic E-state index is 0.268. The molecule has 19 heavy (non-hydrogen) atoms. The van der Waals surface area contributed by atoms with Gasteiger partial charge >= 0.3 is 0 Å². The van der Waals surface area contributed by atoms with Crippen molar-refractivity contribution in [2.75, 3.05) is 5.32 Å². The predicted octanol–water partition coefficient (Wildman–Crippen LogP) is 4.80. The van der Waals surface area contributed by atoms with Crippen molar-refractivity contribution in [3.63, 3.8) is 0 Å². The Labute approximate surface area is 123 Å². The van der Waals surface area contributed by atoms with Crippen LogP contribution in [0.1, 0.15) is 15.9 Å². The summed E-state index contributed by atoms with van der Waals surface area (Å²) in [5.74, 6) is -0.773. The number of aryl methyl sites for hydroxylation is 1. The molecule has 0 aliphatic carbocycles. The highest BCUT2D eigenvalue weighted by molar-refractivity contribution is 9.10. The van der Waals surface area contributed by atoms with Crippen LogP contribution in [-0.4, -0.2) is 5.91 Å². The lowest BCUT2D eigenvalue weighted by molar-refractivity contribution is 0.102. The maximum atomic E-state index is 13.4. The largest absolute Gasteiger partial charge is 0.321 e. The van der Waals surface area contributed by atoms with E-state index in [1.807, 2.05) is 0 Å². The minimum atomic E-state index is -0.400. The Bertz CT molecular complexity index is 645. The van der Waals surface area contributed by atoms with Gasteiger partial charge in [-0.1, -0.05) is 17.7 Å². The standard InChI is InChI=1S/C14H10BrClFNO/c1-8-2-3-9(6-12(8)17)14(19)18-13-5-4-10(16)7-11(13)15/h2-7H,1H3,(H,18,19). The summed E-state index contributed by atoms with van der Waals surface area (Å²) in [6.07, 6.45) is 0. The van der Waals surface area contributed by atoms with Gasteiger partial charge in [0.25, 0.3) is 5.91 Å². The van der Waals surface area contributed by atoms with Gasteiger partial charge in [0.15, 0.2) is 0 Å². The van der Waals surface area contributed by atoms with Crippen molar-refractivity contribution in [2.24, 2.45) is 0 Å². The molecule has 0 saturated carbocycles. The first kappa shape index (κ1) is 14.0. The molecule has 0 saturated heterocycles. The maximum Gasteiger partial charge on any atom is 0.255 e. The van der Waals surface area contributed by atoms with Gasteiger partial charge in [0, 0.05) is 15.1 Å². The van der Waals surface area contributed by atoms with Crippen LogP contribution in [0.3, 0.4) is 0 Å². The van der Waals surface area contributed by atoms with E-state index < -0.39 is 5.82 Å². The smallest absolute Gasteiger partial charge is 0.255 e. The number of rotatable bonds is 2. The Balaban J connectivity index is 2.23. The molecule has 2 aromatic rings. The Kier molecular flexibility index (Phi) is 4.22. The first-order valence-corrected chi connectivity index (χ1v) is 6.67. The second-order valence-corrected chi connectivity index (χ2v) is 5.33. The molecule has 0 fully saturated rings. The molecule has 0 aromatic heterocycles. The number of hydrogen-bond donors (Lipinski definition) is 1. The SMILES string of the molecule is Cc1ccc(C(=O)Nc2ccc(Cl)cc2Br)cc1F. The molecule has 0 bridgehead atoms. The van der Waals surface area contributed by atoms with Gasteiger partial charge in [-0.2, -0.15) is 0 Å². The van der Waals surface area contributed by atoms with Gasteiger partial charge < -0.3 is 5.32 Å². The zero-order valence-corrected chi connectivity index (χ0v) is 12.3. The van der Waals surface area contributed by atoms with Crippen LogP contribution in [0.2, 0.25) is 5.02 Å². The molecule has 0 atom stereocenters. The van der Waals surface area contributed by atoms with Crippen molar-refractivity contribution in [1.29, 1.82) is 0 Å². The molecule has 2 rings (SSSR count). The van der Waals surface area contributed by atoms with Crippen molar-refractivity contribution in [1.82, 2.24) is 0 Å². The summed E-state index contributed by atoms with van der Waals surface area (Å²) in [5.41, 5.74) is 1.35. The van der Waals surface area contributed by atoms with E-state index in [2.05, 4.69) is 21.2 Å². The quantitative estimate of drug-likeness (QED) is 0.834. The van der Waals surface area contributed by atoms with E-state index in [-0.39, 0.29) is 11.5 Å². The zero-order chi connectivity index (χ0) is 14.0. The molecule has 2 nitrogen and oxygen atoms in total. The monoisotopic (exact) mass is 341 g/mol. The predicted molar refractivity (Wildman–Crippen MR) is 78.2 cm³/mol. The van der Waals surface area contributed by atoms with Crippen LogP contribution in [0.15, 0.2) is 40.9 Å². The van der Waals surface area contributed by atoms with Crippen LogP contribution in [-0.2, 0) is 0 Å². The Morgan fingerprint density at radius 1 is 1.26 bits per heavy atom. The second kappa shape index (κ2) is 5.72. The summed E-state index contributed by atoms with van der Waals surface area (Å²) in [6, 6.07) is 9.38. The van der Waals surface area contributed by atoms with Crippen molar-refractivity contribution < 1.29 is 9.18 Å². The lowest BCUT2D eigenvalue weighted by Gasteiger charge is -2.08. The number of benzene rings is 2. The number of amides is 1. The van der Waals surface area contributed by atoms with Crippen LogP contribution in [0.4, 0.5) is 10.1 Å². The molecule has 1 amide bonds. The summed E-state index contributed by atoms with van der Waals surface area (Å²) in [4.78, 5) is 12.0. The van der Waals surface area contributed by atoms with Gasteiger partial charge in [-0.25, -0.2) is 4.39 Å². The molecule has 0 unspecified atom stereocenters. The summed E-state index contributed by atoms with van der Waals surface area (Å²) in [6.45, 7) is 1.65. The zero-order valence-electron chi connectivity index (χ0n) is 10.0. The van der Waals surface area contributed by atoms with Crippen molar-refractivity contribution in [2.45, 2.75) is 6.92 Å². The van der Waals surface area contributed by atoms with E-state index in [1.54, 1.807) is 37.3 Å². The summed E-state index contributed by atoms with van der Waals surface area (Å²) in [7, 11) is 0. The Hall–Kier alpha value is -1.39. The average Bonchev–Trinajstić information content (AvgIpc) is 2.36. The van der Waals surface area contributed by atoms with Gasteiger partial charge in [-0.3, -0.25) is 4.79 Å². The first-order valence-electron chi connectivity index (χ1n) is 5.50. The van der Waals surface area contributed by atoms with Gasteiger partial charge in [0.05, 0.1) is 5.69 Å². The fourth-order valence-electron chi connectivity index (χ4n) is 1.52. The van der Waals surface area contributed by atoms with E-state index in [1.165, 1.54) is 6.07 Å². The molecule has 0 radical (unpaired) electrons.